The lowest BCUT2D eigenvalue weighted by atomic mass is 10.2. The summed E-state index contributed by atoms with van der Waals surface area (Å²) in [6.07, 6.45) is 5.38. The summed E-state index contributed by atoms with van der Waals surface area (Å²) in [6.45, 7) is -0.0633. The Kier molecular flexibility index (Phi) is 4.50. The van der Waals surface area contributed by atoms with Crippen LogP contribution in [-0.2, 0) is 16.1 Å². The van der Waals surface area contributed by atoms with Gasteiger partial charge in [-0.2, -0.15) is 0 Å². The maximum atomic E-state index is 10.8. The van der Waals surface area contributed by atoms with Gasteiger partial charge in [0.1, 0.15) is 0 Å². The standard InChI is InChI=1S/C11H13NO3/c1-15-11(14)4-2-3-9-5-6-10(8-13)12-7-9/h2-3,5-7,13H,4,8H2,1H3. The van der Waals surface area contributed by atoms with Gasteiger partial charge >= 0.3 is 5.97 Å². The molecule has 1 rings (SSSR count). The number of hydrogen-bond donors (Lipinski definition) is 1. The number of pyridine rings is 1. The summed E-state index contributed by atoms with van der Waals surface area (Å²) in [5, 5.41) is 8.77. The molecule has 1 aromatic rings. The van der Waals surface area contributed by atoms with Crippen LogP contribution in [0.5, 0.6) is 0 Å². The van der Waals surface area contributed by atoms with Gasteiger partial charge in [0.2, 0.25) is 0 Å². The maximum absolute atomic E-state index is 10.8. The highest BCUT2D eigenvalue weighted by molar-refractivity contribution is 5.72. The first-order valence-corrected chi connectivity index (χ1v) is 4.55. The summed E-state index contributed by atoms with van der Waals surface area (Å²) in [5.74, 6) is -0.272. The fourth-order valence-electron chi connectivity index (χ4n) is 1.00. The second-order valence-corrected chi connectivity index (χ2v) is 2.92. The molecule has 0 aliphatic rings. The van der Waals surface area contributed by atoms with E-state index in [0.29, 0.717) is 5.69 Å². The average Bonchev–Trinajstić information content (AvgIpc) is 2.29. The molecule has 0 fully saturated rings. The van der Waals surface area contributed by atoms with Crippen molar-refractivity contribution < 1.29 is 14.6 Å². The third-order valence-electron chi connectivity index (χ3n) is 1.83. The van der Waals surface area contributed by atoms with E-state index in [1.54, 1.807) is 24.4 Å². The molecule has 1 N–H and O–H groups in total. The third-order valence-corrected chi connectivity index (χ3v) is 1.83. The largest absolute Gasteiger partial charge is 0.469 e. The van der Waals surface area contributed by atoms with Gasteiger partial charge < -0.3 is 9.84 Å². The van der Waals surface area contributed by atoms with Gasteiger partial charge in [-0.25, -0.2) is 0 Å². The van der Waals surface area contributed by atoms with Crippen LogP contribution in [0.4, 0.5) is 0 Å². The molecule has 0 saturated heterocycles. The molecule has 0 amide bonds. The molecular formula is C11H13NO3. The number of methoxy groups -OCH3 is 1. The average molecular weight is 207 g/mol. The van der Waals surface area contributed by atoms with Gasteiger partial charge in [-0.15, -0.1) is 0 Å². The number of carbonyl (C=O) groups is 1. The van der Waals surface area contributed by atoms with Crippen LogP contribution in [0.2, 0.25) is 0 Å². The number of carbonyl (C=O) groups excluding carboxylic acids is 1. The van der Waals surface area contributed by atoms with Crippen molar-refractivity contribution in [2.45, 2.75) is 13.0 Å². The van der Waals surface area contributed by atoms with Crippen LogP contribution in [-0.4, -0.2) is 23.2 Å². The lowest BCUT2D eigenvalue weighted by Crippen LogP contribution is -1.96. The molecule has 4 nitrogen and oxygen atoms in total. The van der Waals surface area contributed by atoms with Crippen LogP contribution >= 0.6 is 0 Å². The van der Waals surface area contributed by atoms with E-state index in [0.717, 1.165) is 5.56 Å². The van der Waals surface area contributed by atoms with Crippen molar-refractivity contribution in [3.8, 4) is 0 Å². The summed E-state index contributed by atoms with van der Waals surface area (Å²) >= 11 is 0. The number of aromatic nitrogens is 1. The lowest BCUT2D eigenvalue weighted by molar-refractivity contribution is -0.139. The molecule has 1 aromatic heterocycles. The minimum absolute atomic E-state index is 0.0633. The van der Waals surface area contributed by atoms with E-state index in [-0.39, 0.29) is 19.0 Å². The highest BCUT2D eigenvalue weighted by Crippen LogP contribution is 2.03. The molecular weight excluding hydrogens is 194 g/mol. The number of ether oxygens (including phenoxy) is 1. The summed E-state index contributed by atoms with van der Waals surface area (Å²) in [4.78, 5) is 14.8. The molecule has 0 aliphatic carbocycles. The summed E-state index contributed by atoms with van der Waals surface area (Å²) < 4.78 is 4.49. The van der Waals surface area contributed by atoms with Crippen LogP contribution in [0.1, 0.15) is 17.7 Å². The number of nitrogens with zero attached hydrogens (tertiary/aromatic N) is 1. The van der Waals surface area contributed by atoms with Gasteiger partial charge in [-0.1, -0.05) is 18.2 Å². The molecule has 0 radical (unpaired) electrons. The second-order valence-electron chi connectivity index (χ2n) is 2.92. The Morgan fingerprint density at radius 2 is 2.40 bits per heavy atom. The topological polar surface area (TPSA) is 59.4 Å². The van der Waals surface area contributed by atoms with E-state index in [1.807, 2.05) is 6.07 Å². The quantitative estimate of drug-likeness (QED) is 0.752. The molecule has 0 aliphatic heterocycles. The molecule has 0 saturated carbocycles. The normalized spacial score (nSPS) is 10.5. The Morgan fingerprint density at radius 1 is 1.60 bits per heavy atom. The zero-order chi connectivity index (χ0) is 11.1. The van der Waals surface area contributed by atoms with E-state index in [1.165, 1.54) is 7.11 Å². The van der Waals surface area contributed by atoms with Crippen molar-refractivity contribution in [1.82, 2.24) is 4.98 Å². The van der Waals surface area contributed by atoms with Crippen molar-refractivity contribution in [3.05, 3.63) is 35.7 Å². The molecule has 4 heteroatoms. The first kappa shape index (κ1) is 11.4. The second kappa shape index (κ2) is 5.93. The zero-order valence-corrected chi connectivity index (χ0v) is 8.51. The zero-order valence-electron chi connectivity index (χ0n) is 8.51. The summed E-state index contributed by atoms with van der Waals surface area (Å²) in [6, 6.07) is 3.56. The minimum Gasteiger partial charge on any atom is -0.469 e. The molecule has 15 heavy (non-hydrogen) atoms. The summed E-state index contributed by atoms with van der Waals surface area (Å²) in [7, 11) is 1.35. The Bertz CT molecular complexity index is 343. The monoisotopic (exact) mass is 207 g/mol. The minimum atomic E-state index is -0.272. The Morgan fingerprint density at radius 3 is 2.93 bits per heavy atom. The molecule has 0 unspecified atom stereocenters. The summed E-state index contributed by atoms with van der Waals surface area (Å²) in [5.41, 5.74) is 1.51. The number of rotatable bonds is 4. The van der Waals surface area contributed by atoms with Gasteiger partial charge in [0.15, 0.2) is 0 Å². The molecule has 80 valence electrons. The maximum Gasteiger partial charge on any atom is 0.309 e. The van der Waals surface area contributed by atoms with E-state index in [2.05, 4.69) is 9.72 Å². The van der Waals surface area contributed by atoms with Crippen molar-refractivity contribution in [3.63, 3.8) is 0 Å². The van der Waals surface area contributed by atoms with Crippen LogP contribution in [0.3, 0.4) is 0 Å². The highest BCUT2D eigenvalue weighted by atomic mass is 16.5. The van der Waals surface area contributed by atoms with Crippen LogP contribution in [0.25, 0.3) is 6.08 Å². The van der Waals surface area contributed by atoms with Crippen LogP contribution < -0.4 is 0 Å². The third kappa shape index (κ3) is 3.91. The number of hydrogen-bond acceptors (Lipinski definition) is 4. The number of esters is 1. The first-order valence-electron chi connectivity index (χ1n) is 4.55. The highest BCUT2D eigenvalue weighted by Gasteiger charge is 1.95. The Labute approximate surface area is 88.2 Å². The predicted molar refractivity (Wildman–Crippen MR) is 55.8 cm³/mol. The molecule has 0 spiro atoms. The van der Waals surface area contributed by atoms with Gasteiger partial charge in [0.05, 0.1) is 25.8 Å². The molecule has 0 aromatic carbocycles. The predicted octanol–water partition coefficient (Wildman–Crippen LogP) is 1.15. The number of aliphatic hydroxyl groups excluding tert-OH is 1. The van der Waals surface area contributed by atoms with Gasteiger partial charge in [-0.05, 0) is 11.6 Å². The van der Waals surface area contributed by atoms with Crippen molar-refractivity contribution in [2.75, 3.05) is 7.11 Å². The van der Waals surface area contributed by atoms with Crippen LogP contribution in [0.15, 0.2) is 24.4 Å². The van der Waals surface area contributed by atoms with Crippen molar-refractivity contribution in [1.29, 1.82) is 0 Å². The Balaban J connectivity index is 2.53. The van der Waals surface area contributed by atoms with Gasteiger partial charge in [-0.3, -0.25) is 9.78 Å². The van der Waals surface area contributed by atoms with Gasteiger partial charge in [0.25, 0.3) is 0 Å². The first-order chi connectivity index (χ1) is 7.26. The lowest BCUT2D eigenvalue weighted by Gasteiger charge is -1.96. The van der Waals surface area contributed by atoms with Gasteiger partial charge in [0, 0.05) is 6.20 Å². The van der Waals surface area contributed by atoms with E-state index in [9.17, 15) is 4.79 Å². The van der Waals surface area contributed by atoms with Crippen molar-refractivity contribution in [2.24, 2.45) is 0 Å². The smallest absolute Gasteiger partial charge is 0.309 e. The fraction of sp³-hybridized carbons (Fsp3) is 0.273. The molecule has 1 heterocycles. The molecule has 0 atom stereocenters. The van der Waals surface area contributed by atoms with Crippen LogP contribution in [0, 0.1) is 0 Å². The Hall–Kier alpha value is -1.68. The van der Waals surface area contributed by atoms with E-state index in [4.69, 9.17) is 5.11 Å². The SMILES string of the molecule is COC(=O)CC=Cc1ccc(CO)nc1. The molecule has 0 bridgehead atoms. The van der Waals surface area contributed by atoms with E-state index >= 15 is 0 Å². The van der Waals surface area contributed by atoms with Crippen molar-refractivity contribution >= 4 is 12.0 Å². The number of aliphatic hydroxyl groups is 1. The fourth-order valence-corrected chi connectivity index (χ4v) is 1.00. The van der Waals surface area contributed by atoms with E-state index < -0.39 is 0 Å².